The molecule has 2 aromatic rings. The van der Waals surface area contributed by atoms with E-state index in [1.165, 1.54) is 14.2 Å². The second-order valence-corrected chi connectivity index (χ2v) is 6.90. The van der Waals surface area contributed by atoms with Crippen LogP contribution in [0.3, 0.4) is 0 Å². The van der Waals surface area contributed by atoms with Crippen LogP contribution in [0.25, 0.3) is 0 Å². The highest BCUT2D eigenvalue weighted by molar-refractivity contribution is 5.85. The number of hydrogen-bond donors (Lipinski definition) is 2. The molecule has 2 aromatic carbocycles. The van der Waals surface area contributed by atoms with E-state index in [1.807, 2.05) is 0 Å². The standard InChI is InChI=1S/C21H26N2O4/c1-21(2,13-22-11-15-7-5-9-17(26-3)19(15)24)14-23-12-16-8-6-10-18(27-4)20(16)25/h5-12,24-25H,13-14H2,1-4H3. The topological polar surface area (TPSA) is 83.6 Å². The van der Waals surface area contributed by atoms with E-state index < -0.39 is 0 Å². The average Bonchev–Trinajstić information content (AvgIpc) is 2.64. The Bertz CT molecular complexity index is 761. The van der Waals surface area contributed by atoms with Gasteiger partial charge in [-0.25, -0.2) is 0 Å². The Morgan fingerprint density at radius 3 is 1.59 bits per heavy atom. The van der Waals surface area contributed by atoms with Gasteiger partial charge in [0.2, 0.25) is 0 Å². The van der Waals surface area contributed by atoms with E-state index in [-0.39, 0.29) is 16.9 Å². The smallest absolute Gasteiger partial charge is 0.166 e. The Kier molecular flexibility index (Phi) is 6.82. The van der Waals surface area contributed by atoms with E-state index in [0.717, 1.165) is 0 Å². The Labute approximate surface area is 159 Å². The molecule has 0 fully saturated rings. The summed E-state index contributed by atoms with van der Waals surface area (Å²) in [6, 6.07) is 10.5. The lowest BCUT2D eigenvalue weighted by Gasteiger charge is -2.19. The molecule has 0 spiro atoms. The molecule has 2 N–H and O–H groups in total. The van der Waals surface area contributed by atoms with Gasteiger partial charge < -0.3 is 19.7 Å². The van der Waals surface area contributed by atoms with Gasteiger partial charge in [0.15, 0.2) is 23.0 Å². The monoisotopic (exact) mass is 370 g/mol. The van der Waals surface area contributed by atoms with Crippen LogP contribution in [-0.2, 0) is 0 Å². The number of phenols is 2. The van der Waals surface area contributed by atoms with Crippen LogP contribution in [0.1, 0.15) is 25.0 Å². The van der Waals surface area contributed by atoms with E-state index in [2.05, 4.69) is 23.8 Å². The van der Waals surface area contributed by atoms with Crippen LogP contribution in [0.15, 0.2) is 46.4 Å². The first-order valence-electron chi connectivity index (χ1n) is 8.59. The predicted molar refractivity (Wildman–Crippen MR) is 108 cm³/mol. The summed E-state index contributed by atoms with van der Waals surface area (Å²) in [5.41, 5.74) is 1.03. The van der Waals surface area contributed by atoms with Crippen molar-refractivity contribution in [2.24, 2.45) is 15.4 Å². The molecule has 0 bridgehead atoms. The number of phenolic OH excluding ortho intramolecular Hbond substituents is 2. The van der Waals surface area contributed by atoms with Crippen LogP contribution in [-0.4, -0.2) is 50.0 Å². The summed E-state index contributed by atoms with van der Waals surface area (Å²) in [6.07, 6.45) is 3.27. The third kappa shape index (κ3) is 5.48. The Balaban J connectivity index is 1.99. The first-order valence-corrected chi connectivity index (χ1v) is 8.59. The van der Waals surface area contributed by atoms with Crippen molar-refractivity contribution < 1.29 is 19.7 Å². The molecule has 0 heterocycles. The number of ether oxygens (including phenoxy) is 2. The van der Waals surface area contributed by atoms with Crippen molar-refractivity contribution in [3.63, 3.8) is 0 Å². The van der Waals surface area contributed by atoms with Gasteiger partial charge in [-0.2, -0.15) is 0 Å². The van der Waals surface area contributed by atoms with Gasteiger partial charge >= 0.3 is 0 Å². The highest BCUT2D eigenvalue weighted by atomic mass is 16.5. The maximum Gasteiger partial charge on any atom is 0.166 e. The number of aliphatic imine (C=N–C) groups is 2. The molecule has 0 saturated carbocycles. The van der Waals surface area contributed by atoms with Gasteiger partial charge in [0.1, 0.15) is 0 Å². The van der Waals surface area contributed by atoms with Gasteiger partial charge in [0.25, 0.3) is 0 Å². The minimum absolute atomic E-state index is 0.0769. The lowest BCUT2D eigenvalue weighted by Crippen LogP contribution is -2.19. The van der Waals surface area contributed by atoms with Crippen LogP contribution < -0.4 is 9.47 Å². The summed E-state index contributed by atoms with van der Waals surface area (Å²) in [5, 5.41) is 20.2. The van der Waals surface area contributed by atoms with Crippen LogP contribution in [0, 0.1) is 5.41 Å². The van der Waals surface area contributed by atoms with Crippen molar-refractivity contribution in [1.29, 1.82) is 0 Å². The number of methoxy groups -OCH3 is 2. The zero-order valence-electron chi connectivity index (χ0n) is 16.1. The summed E-state index contributed by atoms with van der Waals surface area (Å²) in [4.78, 5) is 8.87. The molecule has 2 rings (SSSR count). The molecular formula is C21H26N2O4. The number of nitrogens with zero attached hydrogens (tertiary/aromatic N) is 2. The quantitative estimate of drug-likeness (QED) is 0.694. The zero-order chi connectivity index (χ0) is 19.9. The van der Waals surface area contributed by atoms with Gasteiger partial charge in [-0.1, -0.05) is 26.0 Å². The minimum Gasteiger partial charge on any atom is -0.504 e. The van der Waals surface area contributed by atoms with Crippen LogP contribution in [0.5, 0.6) is 23.0 Å². The number of aromatic hydroxyl groups is 2. The molecule has 0 saturated heterocycles. The molecule has 0 atom stereocenters. The first-order chi connectivity index (χ1) is 12.9. The maximum absolute atomic E-state index is 10.1. The van der Waals surface area contributed by atoms with Crippen LogP contribution >= 0.6 is 0 Å². The Morgan fingerprint density at radius 2 is 1.22 bits per heavy atom. The summed E-state index contributed by atoms with van der Waals surface area (Å²) in [6.45, 7) is 5.17. The zero-order valence-corrected chi connectivity index (χ0v) is 16.1. The molecule has 6 heteroatoms. The van der Waals surface area contributed by atoms with Crippen LogP contribution in [0.2, 0.25) is 0 Å². The second kappa shape index (κ2) is 9.07. The van der Waals surface area contributed by atoms with E-state index in [9.17, 15) is 10.2 Å². The fourth-order valence-corrected chi connectivity index (χ4v) is 2.45. The van der Waals surface area contributed by atoms with Gasteiger partial charge in [-0.15, -0.1) is 0 Å². The van der Waals surface area contributed by atoms with Crippen molar-refractivity contribution in [2.45, 2.75) is 13.8 Å². The van der Waals surface area contributed by atoms with Gasteiger partial charge in [0, 0.05) is 42.1 Å². The largest absolute Gasteiger partial charge is 0.504 e. The third-order valence-electron chi connectivity index (χ3n) is 4.00. The number of hydrogen-bond acceptors (Lipinski definition) is 6. The highest BCUT2D eigenvalue weighted by Crippen LogP contribution is 2.29. The van der Waals surface area contributed by atoms with E-state index in [1.54, 1.807) is 48.8 Å². The van der Waals surface area contributed by atoms with Crippen molar-refractivity contribution >= 4 is 12.4 Å². The summed E-state index contributed by atoms with van der Waals surface area (Å²) < 4.78 is 10.2. The maximum atomic E-state index is 10.1. The van der Waals surface area contributed by atoms with Crippen LogP contribution in [0.4, 0.5) is 0 Å². The highest BCUT2D eigenvalue weighted by Gasteiger charge is 2.16. The lowest BCUT2D eigenvalue weighted by atomic mass is 9.94. The van der Waals surface area contributed by atoms with Gasteiger partial charge in [-0.3, -0.25) is 9.98 Å². The van der Waals surface area contributed by atoms with Gasteiger partial charge in [0.05, 0.1) is 14.2 Å². The fraction of sp³-hybridized carbons (Fsp3) is 0.333. The number of benzene rings is 2. The molecule has 0 unspecified atom stereocenters. The first kappa shape index (κ1) is 20.3. The molecule has 0 aliphatic rings. The average molecular weight is 370 g/mol. The minimum atomic E-state index is -0.185. The summed E-state index contributed by atoms with van der Waals surface area (Å²) in [7, 11) is 3.02. The fourth-order valence-electron chi connectivity index (χ4n) is 2.45. The van der Waals surface area contributed by atoms with Gasteiger partial charge in [-0.05, 0) is 24.3 Å². The molecule has 0 radical (unpaired) electrons. The van der Waals surface area contributed by atoms with Crippen molar-refractivity contribution in [1.82, 2.24) is 0 Å². The molecule has 0 aliphatic carbocycles. The SMILES string of the molecule is COc1cccc(C=NCC(C)(C)CN=Cc2cccc(OC)c2O)c1O. The van der Waals surface area contributed by atoms with E-state index >= 15 is 0 Å². The summed E-state index contributed by atoms with van der Waals surface area (Å²) >= 11 is 0. The summed E-state index contributed by atoms with van der Waals surface area (Å²) in [5.74, 6) is 0.989. The Hall–Kier alpha value is -3.02. The molecule has 0 aromatic heterocycles. The number of rotatable bonds is 8. The Morgan fingerprint density at radius 1 is 0.815 bits per heavy atom. The third-order valence-corrected chi connectivity index (χ3v) is 4.00. The van der Waals surface area contributed by atoms with E-state index in [4.69, 9.17) is 9.47 Å². The van der Waals surface area contributed by atoms with Crippen molar-refractivity contribution in [3.05, 3.63) is 47.5 Å². The lowest BCUT2D eigenvalue weighted by molar-refractivity contribution is 0.373. The molecular weight excluding hydrogens is 344 g/mol. The van der Waals surface area contributed by atoms with Crippen molar-refractivity contribution in [3.8, 4) is 23.0 Å². The van der Waals surface area contributed by atoms with Crippen molar-refractivity contribution in [2.75, 3.05) is 27.3 Å². The molecule has 6 nitrogen and oxygen atoms in total. The molecule has 27 heavy (non-hydrogen) atoms. The predicted octanol–water partition coefficient (Wildman–Crippen LogP) is 3.68. The normalized spacial score (nSPS) is 12.0. The molecule has 0 amide bonds. The number of para-hydroxylation sites is 2. The molecule has 0 aliphatic heterocycles. The van der Waals surface area contributed by atoms with E-state index in [0.29, 0.717) is 35.7 Å². The second-order valence-electron chi connectivity index (χ2n) is 6.90. The molecule has 144 valence electrons.